The number of hydrogen-bond donors (Lipinski definition) is 0. The van der Waals surface area contributed by atoms with Crippen LogP contribution < -0.4 is 9.47 Å². The van der Waals surface area contributed by atoms with Crippen LogP contribution in [0.3, 0.4) is 0 Å². The number of halogens is 1. The molecule has 2 aromatic rings. The highest BCUT2D eigenvalue weighted by Crippen LogP contribution is 2.32. The monoisotopic (exact) mass is 419 g/mol. The topological polar surface area (TPSA) is 75.5 Å². The van der Waals surface area contributed by atoms with Crippen LogP contribution in [0.1, 0.15) is 58.8 Å². The van der Waals surface area contributed by atoms with Crippen LogP contribution in [0.25, 0.3) is 11.0 Å². The molecule has 0 radical (unpaired) electrons. The molecule has 2 aromatic heterocycles. The number of rotatable bonds is 9. The van der Waals surface area contributed by atoms with Crippen LogP contribution in [-0.2, 0) is 16.6 Å². The average molecular weight is 419 g/mol. The van der Waals surface area contributed by atoms with Gasteiger partial charge in [0.25, 0.3) is 11.9 Å². The first-order valence-electron chi connectivity index (χ1n) is 10.9. The van der Waals surface area contributed by atoms with Gasteiger partial charge >= 0.3 is 0 Å². The normalized spacial score (nSPS) is 22.8. The van der Waals surface area contributed by atoms with Crippen molar-refractivity contribution in [3.63, 3.8) is 0 Å². The Kier molecular flexibility index (Phi) is 6.22. The molecule has 0 aliphatic heterocycles. The summed E-state index contributed by atoms with van der Waals surface area (Å²) in [6.07, 6.45) is 7.79. The number of carbonyl (C=O) groups excluding carboxylic acids is 1. The molecule has 7 nitrogen and oxygen atoms in total. The molecule has 8 heteroatoms. The lowest BCUT2D eigenvalue weighted by atomic mass is 9.95. The van der Waals surface area contributed by atoms with Crippen LogP contribution in [-0.4, -0.2) is 45.2 Å². The third kappa shape index (κ3) is 4.91. The van der Waals surface area contributed by atoms with Crippen LogP contribution in [0.4, 0.5) is 4.39 Å². The molecule has 2 heterocycles. The lowest BCUT2D eigenvalue weighted by molar-refractivity contribution is -0.118. The Hall–Kier alpha value is -2.22. The summed E-state index contributed by atoms with van der Waals surface area (Å²) in [5.74, 6) is -0.00506. The molecule has 0 bridgehead atoms. The second kappa shape index (κ2) is 8.88. The van der Waals surface area contributed by atoms with E-state index in [2.05, 4.69) is 9.97 Å². The molecule has 0 N–H and O–H groups in total. The standard InChI is InChI=1S/C22H30FN3O4/c1-13(10-14(2)27)12-28-15-4-6-17(7-5-15)30-22-25-18-11-24-21(29-16-8-9-16)19(23)20(18)26(22)3/h11,13,15-17H,4-10,12H2,1-3H3/t13-,15?,17?/m1/s1. The zero-order valence-electron chi connectivity index (χ0n) is 17.9. The van der Waals surface area contributed by atoms with Crippen molar-refractivity contribution < 1.29 is 23.4 Å². The number of Topliss-reactive ketones (excluding diaryl/α,β-unsaturated/α-hetero) is 1. The lowest BCUT2D eigenvalue weighted by Crippen LogP contribution is -2.30. The molecule has 4 rings (SSSR count). The largest absolute Gasteiger partial charge is 0.472 e. The van der Waals surface area contributed by atoms with E-state index in [0.29, 0.717) is 30.1 Å². The summed E-state index contributed by atoms with van der Waals surface area (Å²) in [4.78, 5) is 19.7. The molecule has 2 fully saturated rings. The van der Waals surface area contributed by atoms with Crippen molar-refractivity contribution >= 4 is 16.8 Å². The van der Waals surface area contributed by atoms with E-state index in [1.165, 1.54) is 6.20 Å². The maximum Gasteiger partial charge on any atom is 0.297 e. The summed E-state index contributed by atoms with van der Waals surface area (Å²) in [6.45, 7) is 4.26. The lowest BCUT2D eigenvalue weighted by Gasteiger charge is -2.29. The fourth-order valence-corrected chi connectivity index (χ4v) is 3.97. The Morgan fingerprint density at radius 3 is 2.47 bits per heavy atom. The Morgan fingerprint density at radius 2 is 1.80 bits per heavy atom. The molecule has 164 valence electrons. The van der Waals surface area contributed by atoms with Gasteiger partial charge in [0, 0.05) is 20.1 Å². The smallest absolute Gasteiger partial charge is 0.297 e. The number of hydrogen-bond acceptors (Lipinski definition) is 6. The zero-order chi connectivity index (χ0) is 21.3. The first kappa shape index (κ1) is 21.0. The summed E-state index contributed by atoms with van der Waals surface area (Å²) in [5, 5.41) is 0. The number of carbonyl (C=O) groups is 1. The van der Waals surface area contributed by atoms with Gasteiger partial charge in [0.2, 0.25) is 5.82 Å². The number of ether oxygens (including phenoxy) is 3. The Bertz CT molecular complexity index is 903. The number of imidazole rings is 1. The number of aromatic nitrogens is 3. The van der Waals surface area contributed by atoms with Crippen LogP contribution in [0, 0.1) is 11.7 Å². The van der Waals surface area contributed by atoms with E-state index in [1.807, 2.05) is 6.92 Å². The quantitative estimate of drug-likeness (QED) is 0.612. The van der Waals surface area contributed by atoms with Gasteiger partial charge in [-0.05, 0) is 51.4 Å². The Labute approximate surface area is 175 Å². The minimum Gasteiger partial charge on any atom is -0.472 e. The SMILES string of the molecule is CC(=O)C[C@@H](C)COC1CCC(Oc2nc3cnc(OC4CC4)c(F)c3n2C)CC1. The highest BCUT2D eigenvalue weighted by molar-refractivity contribution is 5.77. The van der Waals surface area contributed by atoms with Gasteiger partial charge in [0.15, 0.2) is 0 Å². The van der Waals surface area contributed by atoms with Crippen molar-refractivity contribution in [1.29, 1.82) is 0 Å². The van der Waals surface area contributed by atoms with Gasteiger partial charge in [-0.15, -0.1) is 0 Å². The molecular weight excluding hydrogens is 389 g/mol. The van der Waals surface area contributed by atoms with Gasteiger partial charge in [-0.2, -0.15) is 9.37 Å². The molecule has 30 heavy (non-hydrogen) atoms. The van der Waals surface area contributed by atoms with E-state index < -0.39 is 5.82 Å². The Balaban J connectivity index is 1.33. The number of nitrogens with zero attached hydrogens (tertiary/aromatic N) is 3. The predicted molar refractivity (Wildman–Crippen MR) is 109 cm³/mol. The van der Waals surface area contributed by atoms with Gasteiger partial charge in [-0.1, -0.05) is 6.92 Å². The summed E-state index contributed by atoms with van der Waals surface area (Å²) in [6, 6.07) is 0.397. The van der Waals surface area contributed by atoms with E-state index >= 15 is 0 Å². The van der Waals surface area contributed by atoms with Gasteiger partial charge in [0.05, 0.1) is 12.3 Å². The first-order chi connectivity index (χ1) is 14.4. The average Bonchev–Trinajstić information content (AvgIpc) is 3.46. The number of aryl methyl sites for hydroxylation is 1. The zero-order valence-corrected chi connectivity index (χ0v) is 17.9. The van der Waals surface area contributed by atoms with E-state index in [1.54, 1.807) is 18.5 Å². The molecule has 1 atom stereocenters. The second-order valence-electron chi connectivity index (χ2n) is 8.74. The minimum absolute atomic E-state index is 0.0215. The van der Waals surface area contributed by atoms with Crippen molar-refractivity contribution in [3.8, 4) is 11.9 Å². The maximum absolute atomic E-state index is 14.8. The molecule has 0 unspecified atom stereocenters. The molecular formula is C22H30FN3O4. The number of pyridine rings is 1. The third-order valence-electron chi connectivity index (χ3n) is 5.73. The van der Waals surface area contributed by atoms with Crippen molar-refractivity contribution in [3.05, 3.63) is 12.0 Å². The van der Waals surface area contributed by atoms with E-state index in [9.17, 15) is 9.18 Å². The first-order valence-corrected chi connectivity index (χ1v) is 10.9. The Morgan fingerprint density at radius 1 is 1.17 bits per heavy atom. The van der Waals surface area contributed by atoms with Crippen molar-refractivity contribution in [1.82, 2.24) is 14.5 Å². The molecule has 0 saturated heterocycles. The number of ketones is 1. The molecule has 2 saturated carbocycles. The van der Waals surface area contributed by atoms with Crippen LogP contribution in [0.2, 0.25) is 0 Å². The van der Waals surface area contributed by atoms with E-state index in [0.717, 1.165) is 38.5 Å². The fourth-order valence-electron chi connectivity index (χ4n) is 3.97. The van der Waals surface area contributed by atoms with Crippen LogP contribution >= 0.6 is 0 Å². The van der Waals surface area contributed by atoms with Gasteiger partial charge in [0.1, 0.15) is 29.0 Å². The third-order valence-corrected chi connectivity index (χ3v) is 5.73. The molecule has 0 aromatic carbocycles. The highest BCUT2D eigenvalue weighted by atomic mass is 19.1. The van der Waals surface area contributed by atoms with Crippen molar-refractivity contribution in [2.24, 2.45) is 13.0 Å². The summed E-state index contributed by atoms with van der Waals surface area (Å²) < 4.78 is 34.1. The fraction of sp³-hybridized carbons (Fsp3) is 0.682. The summed E-state index contributed by atoms with van der Waals surface area (Å²) in [5.41, 5.74) is 0.816. The van der Waals surface area contributed by atoms with E-state index in [-0.39, 0.29) is 35.9 Å². The van der Waals surface area contributed by atoms with E-state index in [4.69, 9.17) is 14.2 Å². The van der Waals surface area contributed by atoms with Gasteiger partial charge in [-0.25, -0.2) is 4.98 Å². The molecule has 2 aliphatic rings. The highest BCUT2D eigenvalue weighted by Gasteiger charge is 2.28. The summed E-state index contributed by atoms with van der Waals surface area (Å²) in [7, 11) is 1.75. The molecule has 0 amide bonds. The van der Waals surface area contributed by atoms with Gasteiger partial charge < -0.3 is 19.0 Å². The molecule has 2 aliphatic carbocycles. The predicted octanol–water partition coefficient (Wildman–Crippen LogP) is 3.97. The number of fused-ring (bicyclic) bond motifs is 1. The van der Waals surface area contributed by atoms with Crippen molar-refractivity contribution in [2.75, 3.05) is 6.61 Å². The molecule has 0 spiro atoms. The van der Waals surface area contributed by atoms with Crippen LogP contribution in [0.15, 0.2) is 6.20 Å². The minimum atomic E-state index is -0.485. The van der Waals surface area contributed by atoms with Crippen molar-refractivity contribution in [2.45, 2.75) is 77.1 Å². The van der Waals surface area contributed by atoms with Crippen LogP contribution in [0.5, 0.6) is 11.9 Å². The summed E-state index contributed by atoms with van der Waals surface area (Å²) >= 11 is 0. The maximum atomic E-state index is 14.8. The second-order valence-corrected chi connectivity index (χ2v) is 8.74. The van der Waals surface area contributed by atoms with Gasteiger partial charge in [-0.3, -0.25) is 4.57 Å².